The first-order chi connectivity index (χ1) is 11.1. The van der Waals surface area contributed by atoms with Gasteiger partial charge in [-0.2, -0.15) is 0 Å². The molecule has 2 aliphatic heterocycles. The van der Waals surface area contributed by atoms with Gasteiger partial charge in [0.1, 0.15) is 0 Å². The Morgan fingerprint density at radius 2 is 1.35 bits per heavy atom. The number of benzene rings is 1. The van der Waals surface area contributed by atoms with E-state index in [1.165, 1.54) is 12.8 Å². The van der Waals surface area contributed by atoms with Gasteiger partial charge in [-0.3, -0.25) is 9.59 Å². The van der Waals surface area contributed by atoms with Gasteiger partial charge in [0.05, 0.1) is 0 Å². The summed E-state index contributed by atoms with van der Waals surface area (Å²) < 4.78 is 0. The smallest absolute Gasteiger partial charge is 0.253 e. The van der Waals surface area contributed by atoms with Crippen LogP contribution in [0.5, 0.6) is 0 Å². The van der Waals surface area contributed by atoms with Gasteiger partial charge >= 0.3 is 0 Å². The first kappa shape index (κ1) is 16.0. The summed E-state index contributed by atoms with van der Waals surface area (Å²) in [6.45, 7) is 5.58. The van der Waals surface area contributed by atoms with Crippen LogP contribution in [-0.2, 0) is 0 Å². The van der Waals surface area contributed by atoms with Crippen LogP contribution in [0.25, 0.3) is 0 Å². The maximum absolute atomic E-state index is 12.6. The van der Waals surface area contributed by atoms with E-state index in [9.17, 15) is 9.59 Å². The zero-order valence-corrected chi connectivity index (χ0v) is 14.0. The predicted octanol–water partition coefficient (Wildman–Crippen LogP) is 3.18. The first-order valence-corrected chi connectivity index (χ1v) is 8.84. The Labute approximate surface area is 138 Å². The minimum Gasteiger partial charge on any atom is -0.339 e. The molecule has 1 unspecified atom stereocenters. The third kappa shape index (κ3) is 3.74. The molecule has 2 heterocycles. The molecule has 0 aliphatic carbocycles. The number of piperidine rings is 2. The number of nitrogens with zero attached hydrogens (tertiary/aromatic N) is 2. The van der Waals surface area contributed by atoms with Crippen molar-refractivity contribution in [3.8, 4) is 0 Å². The molecule has 3 rings (SSSR count). The fourth-order valence-corrected chi connectivity index (χ4v) is 3.59. The molecule has 4 heteroatoms. The van der Waals surface area contributed by atoms with E-state index in [-0.39, 0.29) is 11.8 Å². The van der Waals surface area contributed by atoms with Crippen molar-refractivity contribution in [1.82, 2.24) is 9.80 Å². The molecule has 2 amide bonds. The number of carbonyl (C=O) groups is 2. The van der Waals surface area contributed by atoms with Gasteiger partial charge < -0.3 is 9.80 Å². The quantitative estimate of drug-likeness (QED) is 0.841. The Bertz CT molecular complexity index is 561. The van der Waals surface area contributed by atoms with Gasteiger partial charge in [-0.1, -0.05) is 6.92 Å². The molecule has 0 bridgehead atoms. The minimum atomic E-state index is 0.0912. The number of carbonyl (C=O) groups excluding carboxylic acids is 2. The van der Waals surface area contributed by atoms with Crippen LogP contribution in [0.1, 0.15) is 59.7 Å². The summed E-state index contributed by atoms with van der Waals surface area (Å²) in [5.41, 5.74) is 1.38. The highest BCUT2D eigenvalue weighted by molar-refractivity contribution is 5.97. The van der Waals surface area contributed by atoms with Crippen molar-refractivity contribution in [2.45, 2.75) is 39.0 Å². The molecule has 1 aromatic carbocycles. The van der Waals surface area contributed by atoms with Gasteiger partial charge in [0.15, 0.2) is 0 Å². The second kappa shape index (κ2) is 7.16. The van der Waals surface area contributed by atoms with Crippen molar-refractivity contribution in [2.24, 2.45) is 5.92 Å². The summed E-state index contributed by atoms with van der Waals surface area (Å²) in [5.74, 6) is 0.761. The van der Waals surface area contributed by atoms with Crippen molar-refractivity contribution >= 4 is 11.8 Å². The molecule has 0 spiro atoms. The molecule has 23 heavy (non-hydrogen) atoms. The summed E-state index contributed by atoms with van der Waals surface area (Å²) in [7, 11) is 0. The van der Waals surface area contributed by atoms with Gasteiger partial charge in [0.2, 0.25) is 0 Å². The van der Waals surface area contributed by atoms with Crippen LogP contribution in [0.15, 0.2) is 24.3 Å². The molecule has 4 nitrogen and oxygen atoms in total. The molecular weight excluding hydrogens is 288 g/mol. The highest BCUT2D eigenvalue weighted by Crippen LogP contribution is 2.19. The highest BCUT2D eigenvalue weighted by Gasteiger charge is 2.23. The van der Waals surface area contributed by atoms with E-state index in [4.69, 9.17) is 0 Å². The zero-order chi connectivity index (χ0) is 16.2. The number of amides is 2. The van der Waals surface area contributed by atoms with Crippen LogP contribution in [0.2, 0.25) is 0 Å². The van der Waals surface area contributed by atoms with Gasteiger partial charge in [-0.05, 0) is 62.3 Å². The van der Waals surface area contributed by atoms with Gasteiger partial charge in [0.25, 0.3) is 11.8 Å². The Kier molecular flexibility index (Phi) is 4.99. The summed E-state index contributed by atoms with van der Waals surface area (Å²) in [5, 5.41) is 0. The molecule has 0 saturated carbocycles. The molecule has 2 aliphatic rings. The van der Waals surface area contributed by atoms with Gasteiger partial charge in [0, 0.05) is 37.3 Å². The fourth-order valence-electron chi connectivity index (χ4n) is 3.59. The molecule has 2 saturated heterocycles. The highest BCUT2D eigenvalue weighted by atomic mass is 16.2. The van der Waals surface area contributed by atoms with Crippen molar-refractivity contribution in [3.63, 3.8) is 0 Å². The topological polar surface area (TPSA) is 40.6 Å². The summed E-state index contributed by atoms with van der Waals surface area (Å²) in [4.78, 5) is 28.9. The Morgan fingerprint density at radius 3 is 1.91 bits per heavy atom. The van der Waals surface area contributed by atoms with E-state index in [0.29, 0.717) is 17.0 Å². The van der Waals surface area contributed by atoms with Gasteiger partial charge in [-0.25, -0.2) is 0 Å². The van der Waals surface area contributed by atoms with Crippen molar-refractivity contribution in [1.29, 1.82) is 0 Å². The Hall–Kier alpha value is -1.84. The molecule has 1 aromatic rings. The van der Waals surface area contributed by atoms with E-state index < -0.39 is 0 Å². The maximum atomic E-state index is 12.6. The van der Waals surface area contributed by atoms with Crippen molar-refractivity contribution in [2.75, 3.05) is 26.2 Å². The average molecular weight is 314 g/mol. The van der Waals surface area contributed by atoms with E-state index in [0.717, 1.165) is 45.4 Å². The van der Waals surface area contributed by atoms with Crippen molar-refractivity contribution < 1.29 is 9.59 Å². The first-order valence-electron chi connectivity index (χ1n) is 8.84. The predicted molar refractivity (Wildman–Crippen MR) is 90.5 cm³/mol. The van der Waals surface area contributed by atoms with Crippen LogP contribution >= 0.6 is 0 Å². The second-order valence-corrected chi connectivity index (χ2v) is 6.93. The standard InChI is InChI=1S/C19H26N2O2/c1-15-6-5-13-21(14-15)19(23)17-9-7-16(8-10-17)18(22)20-11-3-2-4-12-20/h7-10,15H,2-6,11-14H2,1H3. The zero-order valence-electron chi connectivity index (χ0n) is 14.0. The SMILES string of the molecule is CC1CCCN(C(=O)c2ccc(C(=O)N3CCCCC3)cc2)C1. The third-order valence-electron chi connectivity index (χ3n) is 4.97. The molecular formula is C19H26N2O2. The lowest BCUT2D eigenvalue weighted by Crippen LogP contribution is -2.39. The maximum Gasteiger partial charge on any atom is 0.253 e. The van der Waals surface area contributed by atoms with E-state index in [1.807, 2.05) is 9.80 Å². The van der Waals surface area contributed by atoms with E-state index >= 15 is 0 Å². The second-order valence-electron chi connectivity index (χ2n) is 6.93. The molecule has 0 N–H and O–H groups in total. The van der Waals surface area contributed by atoms with Crippen LogP contribution in [0, 0.1) is 5.92 Å². The fraction of sp³-hybridized carbons (Fsp3) is 0.579. The molecule has 2 fully saturated rings. The van der Waals surface area contributed by atoms with Crippen molar-refractivity contribution in [3.05, 3.63) is 35.4 Å². The van der Waals surface area contributed by atoms with Crippen LogP contribution < -0.4 is 0 Å². The molecule has 124 valence electrons. The van der Waals surface area contributed by atoms with E-state index in [1.54, 1.807) is 24.3 Å². The lowest BCUT2D eigenvalue weighted by atomic mass is 9.99. The number of rotatable bonds is 2. The lowest BCUT2D eigenvalue weighted by molar-refractivity contribution is 0.0680. The molecule has 1 atom stereocenters. The lowest BCUT2D eigenvalue weighted by Gasteiger charge is -2.31. The monoisotopic (exact) mass is 314 g/mol. The number of likely N-dealkylation sites (tertiary alicyclic amines) is 2. The number of hydrogen-bond acceptors (Lipinski definition) is 2. The Morgan fingerprint density at radius 1 is 0.826 bits per heavy atom. The largest absolute Gasteiger partial charge is 0.339 e. The minimum absolute atomic E-state index is 0.0912. The Balaban J connectivity index is 1.66. The van der Waals surface area contributed by atoms with Crippen LogP contribution in [0.4, 0.5) is 0 Å². The summed E-state index contributed by atoms with van der Waals surface area (Å²) >= 11 is 0. The third-order valence-corrected chi connectivity index (χ3v) is 4.97. The summed E-state index contributed by atoms with van der Waals surface area (Å²) in [6.07, 6.45) is 5.68. The van der Waals surface area contributed by atoms with Crippen LogP contribution in [-0.4, -0.2) is 47.8 Å². The molecule has 0 aromatic heterocycles. The van der Waals surface area contributed by atoms with Crippen LogP contribution in [0.3, 0.4) is 0 Å². The normalized spacial score (nSPS) is 22.0. The number of hydrogen-bond donors (Lipinski definition) is 0. The summed E-state index contributed by atoms with van der Waals surface area (Å²) in [6, 6.07) is 7.21. The van der Waals surface area contributed by atoms with E-state index in [2.05, 4.69) is 6.92 Å². The van der Waals surface area contributed by atoms with Gasteiger partial charge in [-0.15, -0.1) is 0 Å². The average Bonchev–Trinajstić information content (AvgIpc) is 2.61. The molecule has 0 radical (unpaired) electrons.